The van der Waals surface area contributed by atoms with Crippen molar-refractivity contribution in [3.05, 3.63) is 53.6 Å². The highest BCUT2D eigenvalue weighted by Gasteiger charge is 2.22. The third-order valence-corrected chi connectivity index (χ3v) is 4.96. The van der Waals surface area contributed by atoms with E-state index in [0.717, 1.165) is 31.6 Å². The fourth-order valence-corrected chi connectivity index (χ4v) is 3.47. The maximum atomic E-state index is 13.1. The van der Waals surface area contributed by atoms with Crippen LogP contribution in [0.5, 0.6) is 5.75 Å². The Morgan fingerprint density at radius 3 is 2.39 bits per heavy atom. The van der Waals surface area contributed by atoms with Crippen LogP contribution in [0.4, 0.5) is 11.4 Å². The van der Waals surface area contributed by atoms with Crippen molar-refractivity contribution in [3.63, 3.8) is 0 Å². The molecular formula is C22H27N3O3. The predicted molar refractivity (Wildman–Crippen MR) is 111 cm³/mol. The Hall–Kier alpha value is -3.02. The molecule has 0 spiro atoms. The van der Waals surface area contributed by atoms with Gasteiger partial charge in [-0.3, -0.25) is 9.59 Å². The molecule has 0 aromatic heterocycles. The maximum absolute atomic E-state index is 13.1. The normalized spacial score (nSPS) is 13.8. The van der Waals surface area contributed by atoms with Gasteiger partial charge in [0, 0.05) is 38.6 Å². The topological polar surface area (TPSA) is 61.9 Å². The number of hydrogen-bond acceptors (Lipinski definition) is 4. The summed E-state index contributed by atoms with van der Waals surface area (Å²) in [7, 11) is 5.36. The minimum Gasteiger partial charge on any atom is -0.496 e. The summed E-state index contributed by atoms with van der Waals surface area (Å²) in [5.74, 6) is 0.248. The summed E-state index contributed by atoms with van der Waals surface area (Å²) >= 11 is 0. The Morgan fingerprint density at radius 1 is 1.00 bits per heavy atom. The first-order valence-corrected chi connectivity index (χ1v) is 9.56. The lowest BCUT2D eigenvalue weighted by Crippen LogP contribution is -2.36. The number of carbonyl (C=O) groups excluding carboxylic acids is 2. The smallest absolute Gasteiger partial charge is 0.259 e. The zero-order chi connectivity index (χ0) is 20.1. The first kappa shape index (κ1) is 19.7. The zero-order valence-electron chi connectivity index (χ0n) is 16.7. The fourth-order valence-electron chi connectivity index (χ4n) is 3.47. The molecule has 1 heterocycles. The number of amides is 2. The SMILES string of the molecule is COc1ccccc1C(=O)Nc1ccc(N(C)C)c(C(=O)N2CCCCC2)c1. The summed E-state index contributed by atoms with van der Waals surface area (Å²) in [6.45, 7) is 1.56. The van der Waals surface area contributed by atoms with Crippen molar-refractivity contribution in [2.45, 2.75) is 19.3 Å². The second-order valence-corrected chi connectivity index (χ2v) is 7.13. The van der Waals surface area contributed by atoms with E-state index < -0.39 is 0 Å². The molecule has 1 N–H and O–H groups in total. The summed E-state index contributed by atoms with van der Waals surface area (Å²) in [5.41, 5.74) is 2.48. The molecule has 6 nitrogen and oxygen atoms in total. The van der Waals surface area contributed by atoms with E-state index in [1.807, 2.05) is 42.1 Å². The Bertz CT molecular complexity index is 858. The van der Waals surface area contributed by atoms with Gasteiger partial charge >= 0.3 is 0 Å². The molecule has 148 valence electrons. The molecule has 0 bridgehead atoms. The van der Waals surface area contributed by atoms with E-state index in [1.54, 1.807) is 24.3 Å². The molecule has 0 radical (unpaired) electrons. The molecular weight excluding hydrogens is 354 g/mol. The van der Waals surface area contributed by atoms with Crippen LogP contribution in [-0.2, 0) is 0 Å². The summed E-state index contributed by atoms with van der Waals surface area (Å²) in [6, 6.07) is 12.5. The lowest BCUT2D eigenvalue weighted by Gasteiger charge is -2.28. The number of carbonyl (C=O) groups is 2. The molecule has 0 aliphatic carbocycles. The largest absolute Gasteiger partial charge is 0.496 e. The molecule has 1 aliphatic heterocycles. The van der Waals surface area contributed by atoms with Crippen molar-refractivity contribution < 1.29 is 14.3 Å². The molecule has 6 heteroatoms. The molecule has 1 fully saturated rings. The van der Waals surface area contributed by atoms with Gasteiger partial charge in [0.2, 0.25) is 0 Å². The molecule has 28 heavy (non-hydrogen) atoms. The van der Waals surface area contributed by atoms with E-state index in [9.17, 15) is 9.59 Å². The second-order valence-electron chi connectivity index (χ2n) is 7.13. The van der Waals surface area contributed by atoms with Gasteiger partial charge in [0.1, 0.15) is 5.75 Å². The second kappa shape index (κ2) is 8.78. The number of ether oxygens (including phenoxy) is 1. The molecule has 2 aromatic carbocycles. The Kier molecular flexibility index (Phi) is 6.19. The number of para-hydroxylation sites is 1. The molecule has 0 unspecified atom stereocenters. The van der Waals surface area contributed by atoms with Gasteiger partial charge in [0.15, 0.2) is 0 Å². The standard InChI is InChI=1S/C22H27N3O3/c1-24(2)19-12-11-16(15-18(19)22(27)25-13-7-4-8-14-25)23-21(26)17-9-5-6-10-20(17)28-3/h5-6,9-12,15H,4,7-8,13-14H2,1-3H3,(H,23,26). The minimum absolute atomic E-state index is 0.0109. The highest BCUT2D eigenvalue weighted by Crippen LogP contribution is 2.27. The predicted octanol–water partition coefficient (Wildman–Crippen LogP) is 3.64. The fraction of sp³-hybridized carbons (Fsp3) is 0.364. The zero-order valence-corrected chi connectivity index (χ0v) is 16.7. The van der Waals surface area contributed by atoms with Gasteiger partial charge in [0.05, 0.1) is 18.2 Å². The summed E-state index contributed by atoms with van der Waals surface area (Å²) < 4.78 is 5.27. The number of hydrogen-bond donors (Lipinski definition) is 1. The van der Waals surface area contributed by atoms with Gasteiger partial charge in [-0.15, -0.1) is 0 Å². The number of benzene rings is 2. The number of nitrogens with one attached hydrogen (secondary N) is 1. The summed E-state index contributed by atoms with van der Waals surface area (Å²) in [5, 5.41) is 2.89. The molecule has 1 aliphatic rings. The van der Waals surface area contributed by atoms with Gasteiger partial charge in [0.25, 0.3) is 11.8 Å². The van der Waals surface area contributed by atoms with E-state index in [1.165, 1.54) is 13.5 Å². The van der Waals surface area contributed by atoms with Crippen LogP contribution in [0.15, 0.2) is 42.5 Å². The summed E-state index contributed by atoms with van der Waals surface area (Å²) in [6.07, 6.45) is 3.24. The number of methoxy groups -OCH3 is 1. The van der Waals surface area contributed by atoms with Crippen molar-refractivity contribution in [1.82, 2.24) is 4.90 Å². The third-order valence-electron chi connectivity index (χ3n) is 4.96. The lowest BCUT2D eigenvalue weighted by atomic mass is 10.1. The number of nitrogens with zero attached hydrogens (tertiary/aromatic N) is 2. The van der Waals surface area contributed by atoms with Gasteiger partial charge in [-0.1, -0.05) is 12.1 Å². The molecule has 2 amide bonds. The van der Waals surface area contributed by atoms with Gasteiger partial charge < -0.3 is 19.9 Å². The van der Waals surface area contributed by atoms with Gasteiger partial charge in [-0.2, -0.15) is 0 Å². The van der Waals surface area contributed by atoms with E-state index >= 15 is 0 Å². The van der Waals surface area contributed by atoms with Gasteiger partial charge in [-0.05, 0) is 49.6 Å². The van der Waals surface area contributed by atoms with Crippen molar-refractivity contribution in [1.29, 1.82) is 0 Å². The molecule has 1 saturated heterocycles. The van der Waals surface area contributed by atoms with Crippen molar-refractivity contribution >= 4 is 23.2 Å². The van der Waals surface area contributed by atoms with Crippen molar-refractivity contribution in [2.75, 3.05) is 44.5 Å². The first-order valence-electron chi connectivity index (χ1n) is 9.56. The van der Waals surface area contributed by atoms with Gasteiger partial charge in [-0.25, -0.2) is 0 Å². The van der Waals surface area contributed by atoms with E-state index in [-0.39, 0.29) is 11.8 Å². The Labute approximate surface area is 166 Å². The quantitative estimate of drug-likeness (QED) is 0.859. The maximum Gasteiger partial charge on any atom is 0.259 e. The Morgan fingerprint density at radius 2 is 1.71 bits per heavy atom. The number of likely N-dealkylation sites (tertiary alicyclic amines) is 1. The van der Waals surface area contributed by atoms with Crippen LogP contribution in [0.2, 0.25) is 0 Å². The van der Waals surface area contributed by atoms with Crippen LogP contribution in [-0.4, -0.2) is 51.0 Å². The average Bonchev–Trinajstić information content (AvgIpc) is 2.73. The highest BCUT2D eigenvalue weighted by atomic mass is 16.5. The van der Waals surface area contributed by atoms with Crippen molar-refractivity contribution in [2.24, 2.45) is 0 Å². The average molecular weight is 381 g/mol. The van der Waals surface area contributed by atoms with Crippen molar-refractivity contribution in [3.8, 4) is 5.75 Å². The molecule has 0 saturated carbocycles. The van der Waals surface area contributed by atoms with Crippen LogP contribution in [0.3, 0.4) is 0 Å². The number of anilines is 2. The minimum atomic E-state index is -0.272. The third kappa shape index (κ3) is 4.27. The van der Waals surface area contributed by atoms with Crippen LogP contribution < -0.4 is 15.0 Å². The number of piperidine rings is 1. The van der Waals surface area contributed by atoms with E-state index in [2.05, 4.69) is 5.32 Å². The Balaban J connectivity index is 1.88. The lowest BCUT2D eigenvalue weighted by molar-refractivity contribution is 0.0724. The molecule has 0 atom stereocenters. The first-order chi connectivity index (χ1) is 13.5. The number of rotatable bonds is 5. The monoisotopic (exact) mass is 381 g/mol. The van der Waals surface area contributed by atoms with E-state index in [4.69, 9.17) is 4.74 Å². The summed E-state index contributed by atoms with van der Waals surface area (Å²) in [4.78, 5) is 29.6. The van der Waals surface area contributed by atoms with E-state index in [0.29, 0.717) is 22.6 Å². The highest BCUT2D eigenvalue weighted by molar-refractivity contribution is 6.07. The van der Waals surface area contributed by atoms with Crippen LogP contribution in [0.1, 0.15) is 40.0 Å². The van der Waals surface area contributed by atoms with Crippen LogP contribution in [0.25, 0.3) is 0 Å². The van der Waals surface area contributed by atoms with Crippen LogP contribution in [0, 0.1) is 0 Å². The van der Waals surface area contributed by atoms with Crippen LogP contribution >= 0.6 is 0 Å². The molecule has 3 rings (SSSR count). The molecule has 2 aromatic rings.